The molecule has 1 unspecified atom stereocenters. The largest absolute Gasteiger partial charge is 0.324 e. The number of aryl methyl sites for hydroxylation is 1. The van der Waals surface area contributed by atoms with E-state index in [0.29, 0.717) is 11.3 Å². The predicted molar refractivity (Wildman–Crippen MR) is 103 cm³/mol. The molecule has 138 valence electrons. The highest BCUT2D eigenvalue weighted by Crippen LogP contribution is 2.19. The Bertz CT molecular complexity index is 1010. The number of carbonyl (C=O) groups excluding carboxylic acids is 1. The zero-order chi connectivity index (χ0) is 19.4. The first-order chi connectivity index (χ1) is 13.0. The fourth-order valence-corrected chi connectivity index (χ4v) is 2.78. The van der Waals surface area contributed by atoms with E-state index in [1.807, 2.05) is 31.2 Å². The van der Waals surface area contributed by atoms with Crippen molar-refractivity contribution in [2.75, 3.05) is 5.32 Å². The molecule has 1 N–H and O–H groups in total. The van der Waals surface area contributed by atoms with E-state index in [0.717, 1.165) is 22.4 Å². The molecule has 0 aliphatic rings. The van der Waals surface area contributed by atoms with E-state index in [1.54, 1.807) is 25.1 Å². The lowest BCUT2D eigenvalue weighted by Gasteiger charge is -2.16. The van der Waals surface area contributed by atoms with Crippen LogP contribution in [0.1, 0.15) is 25.5 Å². The van der Waals surface area contributed by atoms with Crippen LogP contribution in [0.3, 0.4) is 0 Å². The summed E-state index contributed by atoms with van der Waals surface area (Å²) < 4.78 is 14.3. The summed E-state index contributed by atoms with van der Waals surface area (Å²) in [5, 5.41) is 7.16. The molecule has 0 aliphatic carbocycles. The Morgan fingerprint density at radius 2 is 1.81 bits per heavy atom. The number of hydrogen-bond acceptors (Lipinski definition) is 3. The first-order valence-electron chi connectivity index (χ1n) is 8.74. The first kappa shape index (κ1) is 18.5. The van der Waals surface area contributed by atoms with Gasteiger partial charge in [0, 0.05) is 17.3 Å². The molecule has 0 fully saturated rings. The lowest BCUT2D eigenvalue weighted by Crippen LogP contribution is -2.33. The summed E-state index contributed by atoms with van der Waals surface area (Å²) in [6, 6.07) is 15.4. The number of amides is 1. The average molecular weight is 365 g/mol. The Balaban J connectivity index is 1.88. The number of anilines is 1. The third kappa shape index (κ3) is 4.11. The summed E-state index contributed by atoms with van der Waals surface area (Å²) in [5.41, 5.74) is 2.50. The van der Waals surface area contributed by atoms with E-state index < -0.39 is 6.04 Å². The molecule has 1 amide bonds. The van der Waals surface area contributed by atoms with Gasteiger partial charge in [-0.25, -0.2) is 9.07 Å². The van der Waals surface area contributed by atoms with Gasteiger partial charge in [0.15, 0.2) is 0 Å². The normalized spacial score (nSPS) is 11.8. The Morgan fingerprint density at radius 1 is 1.11 bits per heavy atom. The fourth-order valence-electron chi connectivity index (χ4n) is 2.78. The number of carbonyl (C=O) groups is 1. The molecule has 0 saturated carbocycles. The summed E-state index contributed by atoms with van der Waals surface area (Å²) >= 11 is 0. The number of halogens is 1. The molecule has 1 aromatic heterocycles. The van der Waals surface area contributed by atoms with Gasteiger partial charge in [-0.3, -0.25) is 9.59 Å². The SMILES string of the molecule is CCc1ccccc1NC(=O)C(C)n1nc(-c2ccc(F)cc2)ccc1=O. The molecule has 27 heavy (non-hydrogen) atoms. The molecular weight excluding hydrogens is 345 g/mol. The van der Waals surface area contributed by atoms with Gasteiger partial charge >= 0.3 is 0 Å². The van der Waals surface area contributed by atoms with Gasteiger partial charge in [-0.05, 0) is 55.3 Å². The zero-order valence-corrected chi connectivity index (χ0v) is 15.1. The van der Waals surface area contributed by atoms with Crippen LogP contribution in [-0.4, -0.2) is 15.7 Å². The molecule has 0 spiro atoms. The summed E-state index contributed by atoms with van der Waals surface area (Å²) in [4.78, 5) is 24.9. The van der Waals surface area contributed by atoms with Crippen molar-refractivity contribution in [1.29, 1.82) is 0 Å². The molecule has 6 heteroatoms. The van der Waals surface area contributed by atoms with Crippen LogP contribution < -0.4 is 10.9 Å². The van der Waals surface area contributed by atoms with Crippen molar-refractivity contribution in [3.05, 3.63) is 82.4 Å². The van der Waals surface area contributed by atoms with Gasteiger partial charge in [0.05, 0.1) is 5.69 Å². The first-order valence-corrected chi connectivity index (χ1v) is 8.74. The Morgan fingerprint density at radius 3 is 2.52 bits per heavy atom. The van der Waals surface area contributed by atoms with Crippen LogP contribution in [0, 0.1) is 5.82 Å². The standard InChI is InChI=1S/C21H20FN3O2/c1-3-15-6-4-5-7-18(15)23-21(27)14(2)25-20(26)13-12-19(24-25)16-8-10-17(22)11-9-16/h4-14H,3H2,1-2H3,(H,23,27). The number of nitrogens with one attached hydrogen (secondary N) is 1. The molecule has 5 nitrogen and oxygen atoms in total. The van der Waals surface area contributed by atoms with Gasteiger partial charge in [0.25, 0.3) is 5.56 Å². The maximum absolute atomic E-state index is 13.1. The summed E-state index contributed by atoms with van der Waals surface area (Å²) in [6.45, 7) is 3.62. The van der Waals surface area contributed by atoms with Gasteiger partial charge in [-0.15, -0.1) is 0 Å². The molecule has 0 saturated heterocycles. The van der Waals surface area contributed by atoms with Crippen molar-refractivity contribution in [1.82, 2.24) is 9.78 Å². The topological polar surface area (TPSA) is 64.0 Å². The molecule has 0 aliphatic heterocycles. The maximum atomic E-state index is 13.1. The van der Waals surface area contributed by atoms with Crippen LogP contribution in [0.2, 0.25) is 0 Å². The molecule has 0 bridgehead atoms. The molecular formula is C21H20FN3O2. The second kappa shape index (κ2) is 7.95. The Kier molecular flexibility index (Phi) is 5.45. The predicted octanol–water partition coefficient (Wildman–Crippen LogP) is 3.81. The maximum Gasteiger partial charge on any atom is 0.267 e. The monoisotopic (exact) mass is 365 g/mol. The van der Waals surface area contributed by atoms with Crippen molar-refractivity contribution in [2.24, 2.45) is 0 Å². The van der Waals surface area contributed by atoms with E-state index in [9.17, 15) is 14.0 Å². The smallest absolute Gasteiger partial charge is 0.267 e. The van der Waals surface area contributed by atoms with Crippen LogP contribution in [0.15, 0.2) is 65.5 Å². The van der Waals surface area contributed by atoms with E-state index in [1.165, 1.54) is 18.2 Å². The third-order valence-electron chi connectivity index (χ3n) is 4.37. The van der Waals surface area contributed by atoms with Crippen LogP contribution in [0.4, 0.5) is 10.1 Å². The fraction of sp³-hybridized carbons (Fsp3) is 0.190. The van der Waals surface area contributed by atoms with Gasteiger partial charge in [-0.1, -0.05) is 25.1 Å². The summed E-state index contributed by atoms with van der Waals surface area (Å²) in [6.07, 6.45) is 0.781. The van der Waals surface area contributed by atoms with Crippen molar-refractivity contribution < 1.29 is 9.18 Å². The van der Waals surface area contributed by atoms with E-state index in [2.05, 4.69) is 10.4 Å². The van der Waals surface area contributed by atoms with E-state index in [-0.39, 0.29) is 17.3 Å². The molecule has 3 rings (SSSR count). The minimum Gasteiger partial charge on any atom is -0.324 e. The molecule has 3 aromatic rings. The lowest BCUT2D eigenvalue weighted by molar-refractivity contribution is -0.119. The second-order valence-corrected chi connectivity index (χ2v) is 6.18. The zero-order valence-electron chi connectivity index (χ0n) is 15.1. The van der Waals surface area contributed by atoms with Crippen molar-refractivity contribution in [2.45, 2.75) is 26.3 Å². The van der Waals surface area contributed by atoms with Gasteiger partial charge < -0.3 is 5.32 Å². The number of nitrogens with zero attached hydrogens (tertiary/aromatic N) is 2. The number of rotatable bonds is 5. The van der Waals surface area contributed by atoms with E-state index in [4.69, 9.17) is 0 Å². The van der Waals surface area contributed by atoms with Crippen LogP contribution in [0.5, 0.6) is 0 Å². The van der Waals surface area contributed by atoms with Crippen LogP contribution >= 0.6 is 0 Å². The number of para-hydroxylation sites is 1. The number of aromatic nitrogens is 2. The third-order valence-corrected chi connectivity index (χ3v) is 4.37. The lowest BCUT2D eigenvalue weighted by atomic mass is 10.1. The molecule has 0 radical (unpaired) electrons. The van der Waals surface area contributed by atoms with Gasteiger partial charge in [0.1, 0.15) is 11.9 Å². The minimum atomic E-state index is -0.803. The highest BCUT2D eigenvalue weighted by atomic mass is 19.1. The molecule has 1 heterocycles. The summed E-state index contributed by atoms with van der Waals surface area (Å²) in [5.74, 6) is -0.684. The number of benzene rings is 2. The second-order valence-electron chi connectivity index (χ2n) is 6.18. The highest BCUT2D eigenvalue weighted by Gasteiger charge is 2.19. The van der Waals surface area contributed by atoms with Crippen molar-refractivity contribution >= 4 is 11.6 Å². The molecule has 1 atom stereocenters. The Hall–Kier alpha value is -3.28. The highest BCUT2D eigenvalue weighted by molar-refractivity contribution is 5.94. The van der Waals surface area contributed by atoms with Crippen LogP contribution in [-0.2, 0) is 11.2 Å². The quantitative estimate of drug-likeness (QED) is 0.748. The molecule has 2 aromatic carbocycles. The number of hydrogen-bond donors (Lipinski definition) is 1. The summed E-state index contributed by atoms with van der Waals surface area (Å²) in [7, 11) is 0. The Labute approximate surface area is 156 Å². The van der Waals surface area contributed by atoms with Gasteiger partial charge in [-0.2, -0.15) is 5.10 Å². The van der Waals surface area contributed by atoms with E-state index >= 15 is 0 Å². The van der Waals surface area contributed by atoms with Crippen LogP contribution in [0.25, 0.3) is 11.3 Å². The van der Waals surface area contributed by atoms with Gasteiger partial charge in [0.2, 0.25) is 5.91 Å². The van der Waals surface area contributed by atoms with Crippen molar-refractivity contribution in [3.8, 4) is 11.3 Å². The minimum absolute atomic E-state index is 0.332. The average Bonchev–Trinajstić information content (AvgIpc) is 2.69. The van der Waals surface area contributed by atoms with Crippen molar-refractivity contribution in [3.63, 3.8) is 0 Å².